The van der Waals surface area contributed by atoms with E-state index in [-0.39, 0.29) is 5.56 Å². The Labute approximate surface area is 124 Å². The van der Waals surface area contributed by atoms with Crippen LogP contribution in [0, 0.1) is 0 Å². The molecule has 2 rings (SSSR count). The lowest BCUT2D eigenvalue weighted by Gasteiger charge is -2.06. The molecule has 0 spiro atoms. The van der Waals surface area contributed by atoms with E-state index < -0.39 is 5.97 Å². The van der Waals surface area contributed by atoms with E-state index in [0.717, 1.165) is 5.69 Å². The van der Waals surface area contributed by atoms with Crippen LogP contribution in [-0.4, -0.2) is 34.6 Å². The summed E-state index contributed by atoms with van der Waals surface area (Å²) in [5.74, 6) is -0.967. The highest BCUT2D eigenvalue weighted by atomic mass is 79.9. The van der Waals surface area contributed by atoms with E-state index in [2.05, 4.69) is 26.3 Å². The lowest BCUT2D eigenvalue weighted by molar-refractivity contribution is 0.0697. The number of rotatable bonds is 6. The summed E-state index contributed by atoms with van der Waals surface area (Å²) >= 11 is 3.29. The molecular formula is C13H14BrN3O3. The average molecular weight is 340 g/mol. The van der Waals surface area contributed by atoms with Crippen molar-refractivity contribution in [3.8, 4) is 0 Å². The molecule has 2 aromatic rings. The van der Waals surface area contributed by atoms with Crippen LogP contribution in [0.5, 0.6) is 0 Å². The third-order valence-electron chi connectivity index (χ3n) is 2.59. The summed E-state index contributed by atoms with van der Waals surface area (Å²) in [6, 6.07) is 4.92. The number of nitrogens with zero attached hydrogens (tertiary/aromatic N) is 2. The SMILES string of the molecule is COCCn1cc(Nc2cc(Br)cc(C(=O)O)c2)cn1. The quantitative estimate of drug-likeness (QED) is 0.846. The number of halogens is 1. The van der Waals surface area contributed by atoms with E-state index in [1.54, 1.807) is 36.2 Å². The van der Waals surface area contributed by atoms with Crippen molar-refractivity contribution in [1.29, 1.82) is 0 Å². The van der Waals surface area contributed by atoms with E-state index in [4.69, 9.17) is 9.84 Å². The molecule has 1 aromatic carbocycles. The Morgan fingerprint density at radius 3 is 2.95 bits per heavy atom. The van der Waals surface area contributed by atoms with E-state index in [9.17, 15) is 4.79 Å². The second-order valence-corrected chi connectivity index (χ2v) is 5.06. The van der Waals surface area contributed by atoms with Gasteiger partial charge in [-0.05, 0) is 18.2 Å². The predicted molar refractivity (Wildman–Crippen MR) is 78.5 cm³/mol. The molecule has 6 nitrogen and oxygen atoms in total. The summed E-state index contributed by atoms with van der Waals surface area (Å²) < 4.78 is 7.43. The summed E-state index contributed by atoms with van der Waals surface area (Å²) in [5.41, 5.74) is 1.69. The van der Waals surface area contributed by atoms with Crippen LogP contribution in [0.15, 0.2) is 35.1 Å². The highest BCUT2D eigenvalue weighted by Crippen LogP contribution is 2.23. The average Bonchev–Trinajstić information content (AvgIpc) is 2.83. The van der Waals surface area contributed by atoms with Gasteiger partial charge in [0.25, 0.3) is 0 Å². The zero-order valence-corrected chi connectivity index (χ0v) is 12.4. The van der Waals surface area contributed by atoms with Crippen LogP contribution in [0.2, 0.25) is 0 Å². The van der Waals surface area contributed by atoms with E-state index in [0.29, 0.717) is 23.3 Å². The van der Waals surface area contributed by atoms with Crippen molar-refractivity contribution in [2.75, 3.05) is 19.0 Å². The molecule has 0 atom stereocenters. The Balaban J connectivity index is 2.13. The first-order chi connectivity index (χ1) is 9.58. The smallest absolute Gasteiger partial charge is 0.335 e. The van der Waals surface area contributed by atoms with Crippen LogP contribution in [0.3, 0.4) is 0 Å². The van der Waals surface area contributed by atoms with Crippen molar-refractivity contribution in [3.05, 3.63) is 40.6 Å². The number of carboxylic acids is 1. The van der Waals surface area contributed by atoms with Crippen LogP contribution >= 0.6 is 15.9 Å². The van der Waals surface area contributed by atoms with Crippen molar-refractivity contribution < 1.29 is 14.6 Å². The van der Waals surface area contributed by atoms with Crippen LogP contribution in [-0.2, 0) is 11.3 Å². The van der Waals surface area contributed by atoms with Crippen molar-refractivity contribution in [2.24, 2.45) is 0 Å². The molecule has 2 N–H and O–H groups in total. The third-order valence-corrected chi connectivity index (χ3v) is 3.05. The van der Waals surface area contributed by atoms with Gasteiger partial charge in [-0.15, -0.1) is 0 Å². The lowest BCUT2D eigenvalue weighted by atomic mass is 10.2. The third kappa shape index (κ3) is 3.82. The standard InChI is InChI=1S/C13H14BrN3O3/c1-20-3-2-17-8-12(7-15-17)16-11-5-9(13(18)19)4-10(14)6-11/h4-8,16H,2-3H2,1H3,(H,18,19). The number of aromatic nitrogens is 2. The summed E-state index contributed by atoms with van der Waals surface area (Å²) in [6.07, 6.45) is 3.51. The summed E-state index contributed by atoms with van der Waals surface area (Å²) in [6.45, 7) is 1.25. The van der Waals surface area contributed by atoms with E-state index >= 15 is 0 Å². The van der Waals surface area contributed by atoms with Crippen LogP contribution in [0.1, 0.15) is 10.4 Å². The molecule has 0 amide bonds. The molecule has 106 valence electrons. The summed E-state index contributed by atoms with van der Waals surface area (Å²) in [4.78, 5) is 11.0. The van der Waals surface area contributed by atoms with Crippen LogP contribution in [0.4, 0.5) is 11.4 Å². The molecule has 0 fully saturated rings. The van der Waals surface area contributed by atoms with Gasteiger partial charge in [0.15, 0.2) is 0 Å². The topological polar surface area (TPSA) is 76.4 Å². The maximum Gasteiger partial charge on any atom is 0.335 e. The molecule has 0 bridgehead atoms. The van der Waals surface area contributed by atoms with Gasteiger partial charge in [0.05, 0.1) is 30.6 Å². The van der Waals surface area contributed by atoms with Crippen molar-refractivity contribution >= 4 is 33.3 Å². The Hall–Kier alpha value is -1.86. The highest BCUT2D eigenvalue weighted by molar-refractivity contribution is 9.10. The van der Waals surface area contributed by atoms with E-state index in [1.807, 2.05) is 6.20 Å². The number of carboxylic acid groups (broad SMARTS) is 1. The second-order valence-electron chi connectivity index (χ2n) is 4.14. The van der Waals surface area contributed by atoms with Crippen molar-refractivity contribution in [1.82, 2.24) is 9.78 Å². The number of methoxy groups -OCH3 is 1. The molecule has 20 heavy (non-hydrogen) atoms. The minimum absolute atomic E-state index is 0.216. The maximum absolute atomic E-state index is 11.0. The Morgan fingerprint density at radius 2 is 2.25 bits per heavy atom. The van der Waals surface area contributed by atoms with Crippen molar-refractivity contribution in [2.45, 2.75) is 6.54 Å². The number of hydrogen-bond donors (Lipinski definition) is 2. The molecule has 0 aliphatic carbocycles. The zero-order chi connectivity index (χ0) is 14.5. The lowest BCUT2D eigenvalue weighted by Crippen LogP contribution is -2.04. The zero-order valence-electron chi connectivity index (χ0n) is 10.8. The monoisotopic (exact) mass is 339 g/mol. The molecule has 0 aliphatic rings. The maximum atomic E-state index is 11.0. The fourth-order valence-electron chi connectivity index (χ4n) is 1.69. The van der Waals surface area contributed by atoms with Gasteiger partial charge >= 0.3 is 5.97 Å². The molecular weight excluding hydrogens is 326 g/mol. The largest absolute Gasteiger partial charge is 0.478 e. The van der Waals surface area contributed by atoms with E-state index in [1.165, 1.54) is 0 Å². The molecule has 0 saturated heterocycles. The first-order valence-electron chi connectivity index (χ1n) is 5.91. The first-order valence-corrected chi connectivity index (χ1v) is 6.70. The van der Waals surface area contributed by atoms with Crippen LogP contribution in [0.25, 0.3) is 0 Å². The van der Waals surface area contributed by atoms with Gasteiger partial charge in [-0.1, -0.05) is 15.9 Å². The molecule has 0 radical (unpaired) electrons. The predicted octanol–water partition coefficient (Wildman–Crippen LogP) is 2.73. The van der Waals surface area contributed by atoms with Gasteiger partial charge in [0.1, 0.15) is 0 Å². The second kappa shape index (κ2) is 6.53. The number of carbonyl (C=O) groups is 1. The Bertz CT molecular complexity index is 613. The first kappa shape index (κ1) is 14.5. The van der Waals surface area contributed by atoms with Gasteiger partial charge in [0.2, 0.25) is 0 Å². The van der Waals surface area contributed by atoms with Gasteiger partial charge in [0, 0.05) is 23.5 Å². The Morgan fingerprint density at radius 1 is 1.45 bits per heavy atom. The van der Waals surface area contributed by atoms with Gasteiger partial charge in [-0.2, -0.15) is 5.10 Å². The number of aromatic carboxylic acids is 1. The number of anilines is 2. The molecule has 0 aliphatic heterocycles. The Kier molecular flexibility index (Phi) is 4.75. The van der Waals surface area contributed by atoms with Gasteiger partial charge in [-0.3, -0.25) is 4.68 Å². The summed E-state index contributed by atoms with van der Waals surface area (Å²) in [5, 5.41) is 16.3. The molecule has 0 saturated carbocycles. The minimum atomic E-state index is -0.967. The minimum Gasteiger partial charge on any atom is -0.478 e. The fraction of sp³-hybridized carbons (Fsp3) is 0.231. The van der Waals surface area contributed by atoms with Gasteiger partial charge in [-0.25, -0.2) is 4.79 Å². The summed E-state index contributed by atoms with van der Waals surface area (Å²) in [7, 11) is 1.64. The number of ether oxygens (including phenoxy) is 1. The van der Waals surface area contributed by atoms with Crippen LogP contribution < -0.4 is 5.32 Å². The molecule has 7 heteroatoms. The molecule has 0 unspecified atom stereocenters. The van der Waals surface area contributed by atoms with Gasteiger partial charge < -0.3 is 15.2 Å². The molecule has 1 heterocycles. The fourth-order valence-corrected chi connectivity index (χ4v) is 2.18. The number of benzene rings is 1. The van der Waals surface area contributed by atoms with Crippen molar-refractivity contribution in [3.63, 3.8) is 0 Å². The number of nitrogens with one attached hydrogen (secondary N) is 1. The normalized spacial score (nSPS) is 10.5. The number of hydrogen-bond acceptors (Lipinski definition) is 4. The molecule has 1 aromatic heterocycles. The highest BCUT2D eigenvalue weighted by Gasteiger charge is 2.07.